The van der Waals surface area contributed by atoms with Gasteiger partial charge in [-0.3, -0.25) is 0 Å². The summed E-state index contributed by atoms with van der Waals surface area (Å²) in [7, 11) is 6.32. The van der Waals surface area contributed by atoms with Gasteiger partial charge in [-0.05, 0) is 6.42 Å². The fraction of sp³-hybridized carbons (Fsp3) is 0.875. The molecule has 0 aromatic carbocycles. The molecule has 0 aromatic rings. The molecule has 1 fully saturated rings. The van der Waals surface area contributed by atoms with Crippen LogP contribution in [0.5, 0.6) is 0 Å². The molecular weight excluding hydrogens is 169 g/mol. The Morgan fingerprint density at radius 1 is 1.54 bits per heavy atom. The van der Waals surface area contributed by atoms with Crippen LogP contribution in [-0.4, -0.2) is 45.3 Å². The highest BCUT2D eigenvalue weighted by Gasteiger charge is 2.25. The standard InChI is InChI=1S/C6H10BNO3.C2H6/c1-10-6(9)8-3-2-5(4-8)11-7;1-2/h5H,2-4H2,1H3;1-2H3. The molecule has 0 spiro atoms. The van der Waals surface area contributed by atoms with Gasteiger partial charge in [0.05, 0.1) is 13.2 Å². The number of methoxy groups -OCH3 is 1. The normalized spacial score (nSPS) is 20.5. The van der Waals surface area contributed by atoms with E-state index in [1.807, 2.05) is 13.8 Å². The molecule has 1 aliphatic heterocycles. The second-order valence-electron chi connectivity index (χ2n) is 2.46. The van der Waals surface area contributed by atoms with Crippen LogP contribution in [0.25, 0.3) is 0 Å². The van der Waals surface area contributed by atoms with Gasteiger partial charge in [0.25, 0.3) is 8.05 Å². The van der Waals surface area contributed by atoms with E-state index >= 15 is 0 Å². The van der Waals surface area contributed by atoms with Crippen molar-refractivity contribution in [3.8, 4) is 0 Å². The van der Waals surface area contributed by atoms with Crippen molar-refractivity contribution in [2.75, 3.05) is 20.2 Å². The molecule has 5 heteroatoms. The Kier molecular flexibility index (Phi) is 6.41. The minimum atomic E-state index is -0.315. The van der Waals surface area contributed by atoms with Gasteiger partial charge in [0, 0.05) is 13.1 Å². The van der Waals surface area contributed by atoms with Crippen LogP contribution >= 0.6 is 0 Å². The molecule has 1 heterocycles. The summed E-state index contributed by atoms with van der Waals surface area (Å²) in [5.41, 5.74) is 0. The topological polar surface area (TPSA) is 38.8 Å². The Labute approximate surface area is 80.6 Å². The Bertz CT molecular complexity index is 154. The molecule has 1 aliphatic rings. The molecule has 13 heavy (non-hydrogen) atoms. The molecule has 1 amide bonds. The smallest absolute Gasteiger partial charge is 0.409 e. The van der Waals surface area contributed by atoms with Crippen LogP contribution in [0.3, 0.4) is 0 Å². The highest BCUT2D eigenvalue weighted by Crippen LogP contribution is 2.11. The zero-order chi connectivity index (χ0) is 10.3. The van der Waals surface area contributed by atoms with Crippen LogP contribution in [0.2, 0.25) is 0 Å². The van der Waals surface area contributed by atoms with Crippen molar-refractivity contribution in [3.05, 3.63) is 0 Å². The molecule has 2 radical (unpaired) electrons. The number of nitrogens with zero attached hydrogens (tertiary/aromatic N) is 1. The first kappa shape index (κ1) is 12.3. The van der Waals surface area contributed by atoms with E-state index in [1.165, 1.54) is 7.11 Å². The maximum Gasteiger partial charge on any atom is 0.409 e. The molecule has 1 atom stereocenters. The highest BCUT2D eigenvalue weighted by atomic mass is 16.5. The molecule has 0 saturated carbocycles. The molecular formula is C8H16BNO3. The molecule has 1 unspecified atom stereocenters. The summed E-state index contributed by atoms with van der Waals surface area (Å²) >= 11 is 0. The van der Waals surface area contributed by atoms with E-state index in [9.17, 15) is 4.79 Å². The molecule has 0 N–H and O–H groups in total. The summed E-state index contributed by atoms with van der Waals surface area (Å²) in [6.07, 6.45) is 0.435. The molecule has 1 saturated heterocycles. The number of rotatable bonds is 1. The quantitative estimate of drug-likeness (QED) is 0.571. The van der Waals surface area contributed by atoms with Crippen LogP contribution < -0.4 is 0 Å². The Hall–Kier alpha value is -0.705. The van der Waals surface area contributed by atoms with Crippen molar-refractivity contribution in [1.29, 1.82) is 0 Å². The zero-order valence-corrected chi connectivity index (χ0v) is 8.45. The minimum Gasteiger partial charge on any atom is -0.453 e. The lowest BCUT2D eigenvalue weighted by atomic mass is 10.3. The van der Waals surface area contributed by atoms with Crippen molar-refractivity contribution in [1.82, 2.24) is 4.90 Å². The SMILES string of the molecule is CC.[B]OC1CCN(C(=O)OC)C1. The van der Waals surface area contributed by atoms with E-state index in [0.29, 0.717) is 13.1 Å². The van der Waals surface area contributed by atoms with Gasteiger partial charge in [0.2, 0.25) is 0 Å². The number of carbonyl (C=O) groups excluding carboxylic acids is 1. The number of ether oxygens (including phenoxy) is 1. The van der Waals surface area contributed by atoms with Crippen LogP contribution in [-0.2, 0) is 9.39 Å². The average molecular weight is 185 g/mol. The lowest BCUT2D eigenvalue weighted by Gasteiger charge is -2.13. The number of hydrogen-bond acceptors (Lipinski definition) is 3. The van der Waals surface area contributed by atoms with E-state index in [4.69, 9.17) is 8.05 Å². The molecule has 0 aliphatic carbocycles. The second-order valence-corrected chi connectivity index (χ2v) is 2.46. The van der Waals surface area contributed by atoms with E-state index in [1.54, 1.807) is 4.90 Å². The van der Waals surface area contributed by atoms with E-state index in [-0.39, 0.29) is 12.2 Å². The third-order valence-corrected chi connectivity index (χ3v) is 1.77. The summed E-state index contributed by atoms with van der Waals surface area (Å²) < 4.78 is 9.10. The summed E-state index contributed by atoms with van der Waals surface area (Å²) in [6.45, 7) is 5.19. The fourth-order valence-corrected chi connectivity index (χ4v) is 1.13. The third-order valence-electron chi connectivity index (χ3n) is 1.77. The van der Waals surface area contributed by atoms with Crippen molar-refractivity contribution >= 4 is 14.1 Å². The van der Waals surface area contributed by atoms with Gasteiger partial charge in [-0.15, -0.1) is 0 Å². The number of hydrogen-bond donors (Lipinski definition) is 0. The van der Waals surface area contributed by atoms with Crippen LogP contribution in [0.15, 0.2) is 0 Å². The van der Waals surface area contributed by atoms with Crippen LogP contribution in [0, 0.1) is 0 Å². The molecule has 0 aromatic heterocycles. The average Bonchev–Trinajstić information content (AvgIpc) is 2.68. The minimum absolute atomic E-state index is 0.0332. The number of carbonyl (C=O) groups is 1. The lowest BCUT2D eigenvalue weighted by Crippen LogP contribution is -2.29. The monoisotopic (exact) mass is 185 g/mol. The van der Waals surface area contributed by atoms with Crippen molar-refractivity contribution in [2.45, 2.75) is 26.4 Å². The van der Waals surface area contributed by atoms with Gasteiger partial charge < -0.3 is 14.3 Å². The second kappa shape index (κ2) is 6.77. The van der Waals surface area contributed by atoms with Crippen LogP contribution in [0.4, 0.5) is 4.79 Å². The molecule has 0 bridgehead atoms. The summed E-state index contributed by atoms with van der Waals surface area (Å²) in [5, 5.41) is 0. The van der Waals surface area contributed by atoms with Gasteiger partial charge in [0.1, 0.15) is 0 Å². The predicted molar refractivity (Wildman–Crippen MR) is 50.6 cm³/mol. The Balaban J connectivity index is 0.000000671. The number of amides is 1. The summed E-state index contributed by atoms with van der Waals surface area (Å²) in [4.78, 5) is 12.4. The van der Waals surface area contributed by atoms with Gasteiger partial charge in [-0.2, -0.15) is 0 Å². The molecule has 4 nitrogen and oxygen atoms in total. The maximum absolute atomic E-state index is 10.9. The van der Waals surface area contributed by atoms with Gasteiger partial charge in [-0.1, -0.05) is 13.8 Å². The lowest BCUT2D eigenvalue weighted by molar-refractivity contribution is 0.127. The first-order valence-electron chi connectivity index (χ1n) is 4.46. The molecule has 74 valence electrons. The fourth-order valence-electron chi connectivity index (χ4n) is 1.13. The predicted octanol–water partition coefficient (Wildman–Crippen LogP) is 0.953. The van der Waals surface area contributed by atoms with Crippen LogP contribution in [0.1, 0.15) is 20.3 Å². The van der Waals surface area contributed by atoms with E-state index in [2.05, 4.69) is 9.39 Å². The number of likely N-dealkylation sites (tertiary alicyclic amines) is 1. The van der Waals surface area contributed by atoms with E-state index in [0.717, 1.165) is 6.42 Å². The Morgan fingerprint density at radius 3 is 2.54 bits per heavy atom. The first-order valence-corrected chi connectivity index (χ1v) is 4.46. The summed E-state index contributed by atoms with van der Waals surface area (Å²) in [6, 6.07) is 0. The largest absolute Gasteiger partial charge is 0.453 e. The van der Waals surface area contributed by atoms with Gasteiger partial charge in [-0.25, -0.2) is 4.79 Å². The van der Waals surface area contributed by atoms with E-state index < -0.39 is 0 Å². The first-order chi connectivity index (χ1) is 6.27. The van der Waals surface area contributed by atoms with Gasteiger partial charge >= 0.3 is 6.09 Å². The van der Waals surface area contributed by atoms with Crippen molar-refractivity contribution in [3.63, 3.8) is 0 Å². The highest BCUT2D eigenvalue weighted by molar-refractivity contribution is 5.98. The zero-order valence-electron chi connectivity index (χ0n) is 8.45. The maximum atomic E-state index is 10.9. The third kappa shape index (κ3) is 3.68. The van der Waals surface area contributed by atoms with Crippen molar-refractivity contribution in [2.24, 2.45) is 0 Å². The summed E-state index contributed by atoms with van der Waals surface area (Å²) in [5.74, 6) is 0. The van der Waals surface area contributed by atoms with Gasteiger partial charge in [0.15, 0.2) is 0 Å². The van der Waals surface area contributed by atoms with Crippen molar-refractivity contribution < 1.29 is 14.2 Å². The molecule has 1 rings (SSSR count). The Morgan fingerprint density at radius 2 is 2.15 bits per heavy atom.